The minimum Gasteiger partial charge on any atom is -0.466 e. The van der Waals surface area contributed by atoms with Gasteiger partial charge in [0.1, 0.15) is 0 Å². The summed E-state index contributed by atoms with van der Waals surface area (Å²) in [5, 5.41) is 0.388. The number of hydrogen-bond donors (Lipinski definition) is 0. The molecule has 0 N–H and O–H groups in total. The van der Waals surface area contributed by atoms with E-state index in [4.69, 9.17) is 16.3 Å². The van der Waals surface area contributed by atoms with Gasteiger partial charge in [0.15, 0.2) is 0 Å². The Morgan fingerprint density at radius 2 is 2.18 bits per heavy atom. The van der Waals surface area contributed by atoms with Crippen molar-refractivity contribution in [2.45, 2.75) is 26.2 Å². The summed E-state index contributed by atoms with van der Waals surface area (Å²) in [6.07, 6.45) is -2.09. The minimum absolute atomic E-state index is 0.0896. The molecule has 17 heavy (non-hydrogen) atoms. The zero-order valence-electron chi connectivity index (χ0n) is 9.38. The number of benzene rings is 1. The summed E-state index contributed by atoms with van der Waals surface area (Å²) in [4.78, 5) is 11.1. The lowest BCUT2D eigenvalue weighted by Gasteiger charge is -2.07. The van der Waals surface area contributed by atoms with E-state index in [1.165, 1.54) is 18.2 Å². The lowest BCUT2D eigenvalue weighted by molar-refractivity contribution is -0.143. The number of halogens is 3. The zero-order valence-corrected chi connectivity index (χ0v) is 10.1. The second-order valence-electron chi connectivity index (χ2n) is 3.46. The summed E-state index contributed by atoms with van der Waals surface area (Å²) in [5.74, 6) is -0.356. The van der Waals surface area contributed by atoms with Crippen LogP contribution in [0.5, 0.6) is 0 Å². The summed E-state index contributed by atoms with van der Waals surface area (Å²) in [5.41, 5.74) is 0.450. The SMILES string of the molecule is CCOC(=O)CCc1cc(C(F)F)ccc1Cl. The molecule has 0 saturated heterocycles. The first-order valence-electron chi connectivity index (χ1n) is 5.26. The zero-order chi connectivity index (χ0) is 12.8. The molecule has 0 radical (unpaired) electrons. The van der Waals surface area contributed by atoms with E-state index < -0.39 is 6.43 Å². The number of carbonyl (C=O) groups is 1. The fraction of sp³-hybridized carbons (Fsp3) is 0.417. The maximum absolute atomic E-state index is 12.5. The number of aryl methyl sites for hydroxylation is 1. The van der Waals surface area contributed by atoms with Gasteiger partial charge < -0.3 is 4.74 Å². The van der Waals surface area contributed by atoms with Gasteiger partial charge in [0.25, 0.3) is 6.43 Å². The summed E-state index contributed by atoms with van der Waals surface area (Å²) < 4.78 is 29.7. The van der Waals surface area contributed by atoms with Crippen LogP contribution < -0.4 is 0 Å². The Kier molecular flexibility index (Phi) is 5.35. The Hall–Kier alpha value is -1.16. The third-order valence-corrected chi connectivity index (χ3v) is 2.59. The molecule has 1 rings (SSSR count). The standard InChI is InChI=1S/C12H13ClF2O2/c1-2-17-11(16)6-4-8-7-9(12(14)15)3-5-10(8)13/h3,5,7,12H,2,4,6H2,1H3. The molecule has 2 nitrogen and oxygen atoms in total. The first-order chi connectivity index (χ1) is 8.04. The number of ether oxygens (including phenoxy) is 1. The fourth-order valence-electron chi connectivity index (χ4n) is 1.39. The van der Waals surface area contributed by atoms with Crippen LogP contribution in [-0.2, 0) is 16.0 Å². The molecule has 0 atom stereocenters. The van der Waals surface area contributed by atoms with Gasteiger partial charge in [-0.1, -0.05) is 17.7 Å². The summed E-state index contributed by atoms with van der Waals surface area (Å²) in [6.45, 7) is 2.02. The Morgan fingerprint density at radius 1 is 1.47 bits per heavy atom. The topological polar surface area (TPSA) is 26.3 Å². The average Bonchev–Trinajstić information content (AvgIpc) is 2.28. The van der Waals surface area contributed by atoms with E-state index in [2.05, 4.69) is 0 Å². The van der Waals surface area contributed by atoms with Gasteiger partial charge in [-0.15, -0.1) is 0 Å². The second-order valence-corrected chi connectivity index (χ2v) is 3.86. The first kappa shape index (κ1) is 13.9. The smallest absolute Gasteiger partial charge is 0.306 e. The molecule has 0 aliphatic rings. The molecule has 94 valence electrons. The summed E-state index contributed by atoms with van der Waals surface area (Å²) in [6, 6.07) is 4.02. The predicted molar refractivity (Wildman–Crippen MR) is 61.4 cm³/mol. The molecule has 0 unspecified atom stereocenters. The predicted octanol–water partition coefficient (Wildman–Crippen LogP) is 3.77. The van der Waals surface area contributed by atoms with Crippen LogP contribution in [0.4, 0.5) is 8.78 Å². The number of rotatable bonds is 5. The Balaban J connectivity index is 2.69. The van der Waals surface area contributed by atoms with Crippen LogP contribution in [0.15, 0.2) is 18.2 Å². The van der Waals surface area contributed by atoms with E-state index in [0.717, 1.165) is 0 Å². The van der Waals surface area contributed by atoms with E-state index in [0.29, 0.717) is 23.6 Å². The number of alkyl halides is 2. The van der Waals surface area contributed by atoms with Gasteiger partial charge in [-0.3, -0.25) is 4.79 Å². The molecule has 0 aliphatic heterocycles. The van der Waals surface area contributed by atoms with Crippen molar-refractivity contribution in [3.63, 3.8) is 0 Å². The lowest BCUT2D eigenvalue weighted by atomic mass is 10.1. The van der Waals surface area contributed by atoms with Gasteiger partial charge >= 0.3 is 5.97 Å². The minimum atomic E-state index is -2.53. The Labute approximate surface area is 104 Å². The van der Waals surface area contributed by atoms with Crippen LogP contribution in [0.1, 0.15) is 30.9 Å². The molecular formula is C12H13ClF2O2. The molecule has 0 fully saturated rings. The normalized spacial score (nSPS) is 10.6. The van der Waals surface area contributed by atoms with E-state index in [1.807, 2.05) is 0 Å². The van der Waals surface area contributed by atoms with Crippen molar-refractivity contribution in [3.05, 3.63) is 34.3 Å². The van der Waals surface area contributed by atoms with Gasteiger partial charge in [-0.2, -0.15) is 0 Å². The van der Waals surface area contributed by atoms with Crippen molar-refractivity contribution in [1.29, 1.82) is 0 Å². The maximum atomic E-state index is 12.5. The van der Waals surface area contributed by atoms with E-state index in [-0.39, 0.29) is 18.0 Å². The van der Waals surface area contributed by atoms with E-state index in [9.17, 15) is 13.6 Å². The molecule has 0 aliphatic carbocycles. The summed E-state index contributed by atoms with van der Waals surface area (Å²) in [7, 11) is 0. The van der Waals surface area contributed by atoms with Gasteiger partial charge in [0.05, 0.1) is 6.61 Å². The maximum Gasteiger partial charge on any atom is 0.306 e. The fourth-order valence-corrected chi connectivity index (χ4v) is 1.60. The molecular weight excluding hydrogens is 250 g/mol. The number of hydrogen-bond acceptors (Lipinski definition) is 2. The highest BCUT2D eigenvalue weighted by molar-refractivity contribution is 6.31. The van der Waals surface area contributed by atoms with Gasteiger partial charge in [0.2, 0.25) is 0 Å². The van der Waals surface area contributed by atoms with Crippen LogP contribution >= 0.6 is 11.6 Å². The van der Waals surface area contributed by atoms with Crippen molar-refractivity contribution in [2.75, 3.05) is 6.61 Å². The van der Waals surface area contributed by atoms with Gasteiger partial charge in [-0.25, -0.2) is 8.78 Å². The molecule has 1 aromatic carbocycles. The Bertz CT molecular complexity index is 394. The Morgan fingerprint density at radius 3 is 2.76 bits per heavy atom. The van der Waals surface area contributed by atoms with E-state index in [1.54, 1.807) is 6.92 Å². The lowest BCUT2D eigenvalue weighted by Crippen LogP contribution is -2.05. The molecule has 5 heteroatoms. The molecule has 0 bridgehead atoms. The van der Waals surface area contributed by atoms with Crippen LogP contribution in [0.2, 0.25) is 5.02 Å². The van der Waals surface area contributed by atoms with Crippen molar-refractivity contribution in [3.8, 4) is 0 Å². The van der Waals surface area contributed by atoms with Gasteiger partial charge in [0, 0.05) is 17.0 Å². The van der Waals surface area contributed by atoms with E-state index >= 15 is 0 Å². The van der Waals surface area contributed by atoms with Crippen molar-refractivity contribution < 1.29 is 18.3 Å². The summed E-state index contributed by atoms with van der Waals surface area (Å²) >= 11 is 5.86. The van der Waals surface area contributed by atoms with Crippen LogP contribution in [0.25, 0.3) is 0 Å². The molecule has 1 aromatic rings. The second kappa shape index (κ2) is 6.55. The largest absolute Gasteiger partial charge is 0.466 e. The number of esters is 1. The van der Waals surface area contributed by atoms with Crippen molar-refractivity contribution >= 4 is 17.6 Å². The molecule has 0 heterocycles. The molecule has 0 aromatic heterocycles. The average molecular weight is 263 g/mol. The molecule has 0 saturated carbocycles. The highest BCUT2D eigenvalue weighted by Crippen LogP contribution is 2.25. The van der Waals surface area contributed by atoms with Crippen LogP contribution in [-0.4, -0.2) is 12.6 Å². The van der Waals surface area contributed by atoms with Crippen LogP contribution in [0, 0.1) is 0 Å². The third-order valence-electron chi connectivity index (χ3n) is 2.23. The highest BCUT2D eigenvalue weighted by Gasteiger charge is 2.11. The molecule has 0 spiro atoms. The monoisotopic (exact) mass is 262 g/mol. The van der Waals surface area contributed by atoms with Gasteiger partial charge in [-0.05, 0) is 31.0 Å². The highest BCUT2D eigenvalue weighted by atomic mass is 35.5. The quantitative estimate of drug-likeness (QED) is 0.755. The van der Waals surface area contributed by atoms with Crippen molar-refractivity contribution in [1.82, 2.24) is 0 Å². The van der Waals surface area contributed by atoms with Crippen molar-refractivity contribution in [2.24, 2.45) is 0 Å². The number of carbonyl (C=O) groups excluding carboxylic acids is 1. The first-order valence-corrected chi connectivity index (χ1v) is 5.64. The van der Waals surface area contributed by atoms with Crippen LogP contribution in [0.3, 0.4) is 0 Å². The molecule has 0 amide bonds. The third kappa shape index (κ3) is 4.30.